The maximum Gasteiger partial charge on any atom is 0.408 e. The Kier molecular flexibility index (Phi) is 14.3. The van der Waals surface area contributed by atoms with Crippen LogP contribution in [-0.4, -0.2) is 53.2 Å². The Bertz CT molecular complexity index is 1140. The SMILES string of the molecule is CCCCCCCCN(C(=O)C(CC(C)C)NC(=O)OC(C)(C)C)C(C(=O)Nc1ccc(OC)cc1)c1ccc(O)cc1. The van der Waals surface area contributed by atoms with E-state index in [1.165, 1.54) is 12.1 Å². The van der Waals surface area contributed by atoms with Gasteiger partial charge in [-0.2, -0.15) is 0 Å². The van der Waals surface area contributed by atoms with Crippen molar-refractivity contribution in [2.45, 2.75) is 104 Å². The number of methoxy groups -OCH3 is 1. The molecular weight excluding hydrogens is 546 g/mol. The monoisotopic (exact) mass is 597 g/mol. The summed E-state index contributed by atoms with van der Waals surface area (Å²) in [5, 5.41) is 15.7. The molecule has 2 aromatic rings. The Morgan fingerprint density at radius 1 is 0.907 bits per heavy atom. The summed E-state index contributed by atoms with van der Waals surface area (Å²) in [5.74, 6) is 0.0145. The number of hydrogen-bond acceptors (Lipinski definition) is 6. The van der Waals surface area contributed by atoms with Crippen molar-refractivity contribution in [3.8, 4) is 11.5 Å². The van der Waals surface area contributed by atoms with Gasteiger partial charge in [-0.15, -0.1) is 0 Å². The van der Waals surface area contributed by atoms with E-state index >= 15 is 0 Å². The molecule has 3 amide bonds. The van der Waals surface area contributed by atoms with Gasteiger partial charge in [-0.1, -0.05) is 65.0 Å². The largest absolute Gasteiger partial charge is 0.508 e. The number of nitrogens with one attached hydrogen (secondary N) is 2. The van der Waals surface area contributed by atoms with Crippen molar-refractivity contribution in [3.05, 3.63) is 54.1 Å². The summed E-state index contributed by atoms with van der Waals surface area (Å²) >= 11 is 0. The highest BCUT2D eigenvalue weighted by Crippen LogP contribution is 2.28. The van der Waals surface area contributed by atoms with E-state index < -0.39 is 29.7 Å². The first kappa shape index (κ1) is 35.4. The number of phenolic OH excluding ortho intramolecular Hbond substituents is 1. The molecule has 0 fully saturated rings. The number of phenols is 1. The van der Waals surface area contributed by atoms with Gasteiger partial charge in [0.05, 0.1) is 7.11 Å². The zero-order valence-corrected chi connectivity index (χ0v) is 26.9. The Morgan fingerprint density at radius 3 is 2.07 bits per heavy atom. The molecule has 0 bridgehead atoms. The molecule has 0 aliphatic carbocycles. The standard InChI is InChI=1S/C34H51N3O6/c1-8-9-10-11-12-13-22-37(32(40)29(23-24(2)3)36-33(41)43-34(4,5)6)30(25-14-18-27(38)19-15-25)31(39)35-26-16-20-28(42-7)21-17-26/h14-21,24,29-30,38H,8-13,22-23H2,1-7H3,(H,35,39)(H,36,41). The van der Waals surface area contributed by atoms with Gasteiger partial charge >= 0.3 is 6.09 Å². The molecule has 9 heteroatoms. The van der Waals surface area contributed by atoms with Crippen LogP contribution in [0.2, 0.25) is 0 Å². The van der Waals surface area contributed by atoms with Crippen LogP contribution in [0.4, 0.5) is 10.5 Å². The summed E-state index contributed by atoms with van der Waals surface area (Å²) < 4.78 is 10.7. The minimum atomic E-state index is -1.01. The fourth-order valence-corrected chi connectivity index (χ4v) is 4.79. The van der Waals surface area contributed by atoms with Crippen molar-refractivity contribution in [1.82, 2.24) is 10.2 Å². The van der Waals surface area contributed by atoms with Crippen LogP contribution < -0.4 is 15.4 Å². The summed E-state index contributed by atoms with van der Waals surface area (Å²) in [6.45, 7) is 11.7. The van der Waals surface area contributed by atoms with E-state index in [9.17, 15) is 19.5 Å². The van der Waals surface area contributed by atoms with E-state index in [0.717, 1.165) is 32.1 Å². The fourth-order valence-electron chi connectivity index (χ4n) is 4.79. The first-order valence-corrected chi connectivity index (χ1v) is 15.4. The van der Waals surface area contributed by atoms with Gasteiger partial charge in [-0.25, -0.2) is 4.79 Å². The van der Waals surface area contributed by atoms with Crippen molar-refractivity contribution in [2.75, 3.05) is 19.0 Å². The highest BCUT2D eigenvalue weighted by Gasteiger charge is 2.36. The third-order valence-electron chi connectivity index (χ3n) is 6.86. The molecule has 3 N–H and O–H groups in total. The number of carbonyl (C=O) groups excluding carboxylic acids is 3. The number of hydrogen-bond donors (Lipinski definition) is 3. The maximum absolute atomic E-state index is 14.4. The average Bonchev–Trinajstić information content (AvgIpc) is 2.93. The molecule has 2 unspecified atom stereocenters. The number of carbonyl (C=O) groups is 3. The number of unbranched alkanes of at least 4 members (excludes halogenated alkanes) is 5. The average molecular weight is 598 g/mol. The van der Waals surface area contributed by atoms with E-state index in [1.807, 2.05) is 13.8 Å². The summed E-state index contributed by atoms with van der Waals surface area (Å²) in [4.78, 5) is 42.8. The molecule has 2 atom stereocenters. The third kappa shape index (κ3) is 12.6. The highest BCUT2D eigenvalue weighted by molar-refractivity contribution is 5.99. The molecule has 0 spiro atoms. The molecule has 0 aliphatic rings. The first-order valence-electron chi connectivity index (χ1n) is 15.4. The lowest BCUT2D eigenvalue weighted by molar-refractivity contribution is -0.141. The Morgan fingerprint density at radius 2 is 1.51 bits per heavy atom. The van der Waals surface area contributed by atoms with Gasteiger partial charge in [-0.3, -0.25) is 9.59 Å². The van der Waals surface area contributed by atoms with Crippen molar-refractivity contribution in [1.29, 1.82) is 0 Å². The molecule has 0 saturated heterocycles. The number of aromatic hydroxyl groups is 1. The minimum absolute atomic E-state index is 0.0520. The van der Waals surface area contributed by atoms with Crippen molar-refractivity contribution >= 4 is 23.6 Å². The predicted octanol–water partition coefficient (Wildman–Crippen LogP) is 7.21. The van der Waals surface area contributed by atoms with Crippen LogP contribution in [0.15, 0.2) is 48.5 Å². The van der Waals surface area contributed by atoms with Crippen LogP contribution >= 0.6 is 0 Å². The van der Waals surface area contributed by atoms with Gasteiger partial charge in [0, 0.05) is 12.2 Å². The minimum Gasteiger partial charge on any atom is -0.508 e. The summed E-state index contributed by atoms with van der Waals surface area (Å²) in [7, 11) is 1.57. The van der Waals surface area contributed by atoms with Crippen LogP contribution in [0.25, 0.3) is 0 Å². The molecule has 43 heavy (non-hydrogen) atoms. The van der Waals surface area contributed by atoms with Crippen LogP contribution in [0.1, 0.15) is 98.1 Å². The molecule has 0 aliphatic heterocycles. The number of benzene rings is 2. The normalized spacial score (nSPS) is 12.7. The molecule has 0 aromatic heterocycles. The molecule has 2 rings (SSSR count). The van der Waals surface area contributed by atoms with Crippen LogP contribution in [0.5, 0.6) is 11.5 Å². The number of alkyl carbamates (subject to hydrolysis) is 1. The highest BCUT2D eigenvalue weighted by atomic mass is 16.6. The van der Waals surface area contributed by atoms with E-state index in [0.29, 0.717) is 36.4 Å². The Hall–Kier alpha value is -3.75. The number of ether oxygens (including phenoxy) is 2. The summed E-state index contributed by atoms with van der Waals surface area (Å²) in [6, 6.07) is 11.3. The third-order valence-corrected chi connectivity index (χ3v) is 6.86. The van der Waals surface area contributed by atoms with Crippen LogP contribution in [-0.2, 0) is 14.3 Å². The molecule has 0 radical (unpaired) electrons. The van der Waals surface area contributed by atoms with Crippen molar-refractivity contribution in [2.24, 2.45) is 5.92 Å². The fraction of sp³-hybridized carbons (Fsp3) is 0.559. The lowest BCUT2D eigenvalue weighted by Crippen LogP contribution is -2.53. The second-order valence-corrected chi connectivity index (χ2v) is 12.3. The molecular formula is C34H51N3O6. The smallest absolute Gasteiger partial charge is 0.408 e. The van der Waals surface area contributed by atoms with E-state index in [2.05, 4.69) is 17.6 Å². The van der Waals surface area contributed by atoms with Gasteiger partial charge in [-0.05, 0) is 81.5 Å². The van der Waals surface area contributed by atoms with Gasteiger partial charge < -0.3 is 30.1 Å². The number of amides is 3. The molecule has 2 aromatic carbocycles. The Labute approximate surface area is 257 Å². The zero-order valence-electron chi connectivity index (χ0n) is 26.9. The number of nitrogens with zero attached hydrogens (tertiary/aromatic N) is 1. The van der Waals surface area contributed by atoms with E-state index in [-0.39, 0.29) is 17.6 Å². The number of rotatable bonds is 16. The van der Waals surface area contributed by atoms with Gasteiger partial charge in [0.1, 0.15) is 29.2 Å². The second-order valence-electron chi connectivity index (χ2n) is 12.3. The van der Waals surface area contributed by atoms with Gasteiger partial charge in [0.2, 0.25) is 5.91 Å². The van der Waals surface area contributed by atoms with Crippen LogP contribution in [0.3, 0.4) is 0 Å². The molecule has 238 valence electrons. The van der Waals surface area contributed by atoms with Crippen molar-refractivity contribution < 1.29 is 29.0 Å². The Balaban J connectivity index is 2.49. The molecule has 0 saturated carbocycles. The van der Waals surface area contributed by atoms with Crippen molar-refractivity contribution in [3.63, 3.8) is 0 Å². The summed E-state index contributed by atoms with van der Waals surface area (Å²) in [6.07, 6.45) is 5.71. The molecule has 0 heterocycles. The van der Waals surface area contributed by atoms with Crippen LogP contribution in [0, 0.1) is 5.92 Å². The topological polar surface area (TPSA) is 117 Å². The first-order chi connectivity index (χ1) is 20.3. The lowest BCUT2D eigenvalue weighted by atomic mass is 9.98. The zero-order chi connectivity index (χ0) is 32.0. The quantitative estimate of drug-likeness (QED) is 0.176. The maximum atomic E-state index is 14.4. The lowest BCUT2D eigenvalue weighted by Gasteiger charge is -2.35. The number of anilines is 1. The predicted molar refractivity (Wildman–Crippen MR) is 170 cm³/mol. The van der Waals surface area contributed by atoms with E-state index in [1.54, 1.807) is 69.2 Å². The van der Waals surface area contributed by atoms with Gasteiger partial charge in [0.25, 0.3) is 5.91 Å². The summed E-state index contributed by atoms with van der Waals surface area (Å²) in [5.41, 5.74) is 0.358. The van der Waals surface area contributed by atoms with Gasteiger partial charge in [0.15, 0.2) is 0 Å². The van der Waals surface area contributed by atoms with E-state index in [4.69, 9.17) is 9.47 Å². The second kappa shape index (κ2) is 17.4. The molecule has 9 nitrogen and oxygen atoms in total.